The Kier molecular flexibility index (Phi) is 5.09. The van der Waals surface area contributed by atoms with Crippen LogP contribution in [-0.4, -0.2) is 11.8 Å². The summed E-state index contributed by atoms with van der Waals surface area (Å²) < 4.78 is 5.05. The molecule has 0 unspecified atom stereocenters. The normalized spacial score (nSPS) is 10.4. The molecule has 3 aromatic rings. The van der Waals surface area contributed by atoms with Gasteiger partial charge < -0.3 is 15.1 Å². The zero-order valence-electron chi connectivity index (χ0n) is 14.3. The van der Waals surface area contributed by atoms with Crippen molar-refractivity contribution in [3.63, 3.8) is 0 Å². The summed E-state index contributed by atoms with van der Waals surface area (Å²) in [5.74, 6) is -0.574. The highest BCUT2D eigenvalue weighted by atomic mass is 35.5. The fourth-order valence-corrected chi connectivity index (χ4v) is 2.77. The van der Waals surface area contributed by atoms with Gasteiger partial charge in [0.1, 0.15) is 0 Å². The fourth-order valence-electron chi connectivity index (χ4n) is 2.60. The molecule has 0 fully saturated rings. The van der Waals surface area contributed by atoms with Gasteiger partial charge in [-0.2, -0.15) is 0 Å². The summed E-state index contributed by atoms with van der Waals surface area (Å²) in [6.45, 7) is 3.93. The van der Waals surface area contributed by atoms with Crippen molar-refractivity contribution in [2.75, 3.05) is 10.6 Å². The number of carbonyl (C=O) groups excluding carboxylic acids is 2. The summed E-state index contributed by atoms with van der Waals surface area (Å²) in [6.07, 6.45) is 1.41. The standard InChI is InChI=1S/C20H17ClN2O3/c1-12-8-13(2)10-15(9-12)22-19(24)14-5-6-16(21)17(11-14)23-20(25)18-4-3-7-26-18/h3-11H,1-2H3,(H,22,24)(H,23,25). The number of carbonyl (C=O) groups is 2. The topological polar surface area (TPSA) is 71.3 Å². The van der Waals surface area contributed by atoms with E-state index in [0.29, 0.717) is 22.0 Å². The van der Waals surface area contributed by atoms with Crippen LogP contribution in [0.1, 0.15) is 32.0 Å². The molecule has 0 bridgehead atoms. The number of anilines is 2. The summed E-state index contributed by atoms with van der Waals surface area (Å²) >= 11 is 6.13. The Morgan fingerprint density at radius 3 is 2.31 bits per heavy atom. The molecule has 0 radical (unpaired) electrons. The lowest BCUT2D eigenvalue weighted by atomic mass is 10.1. The predicted molar refractivity (Wildman–Crippen MR) is 102 cm³/mol. The second kappa shape index (κ2) is 7.45. The average molecular weight is 369 g/mol. The summed E-state index contributed by atoms with van der Waals surface area (Å²) in [5, 5.41) is 5.83. The van der Waals surface area contributed by atoms with Crippen LogP contribution in [0.4, 0.5) is 11.4 Å². The lowest BCUT2D eigenvalue weighted by Gasteiger charge is -2.10. The molecular weight excluding hydrogens is 352 g/mol. The van der Waals surface area contributed by atoms with E-state index in [9.17, 15) is 9.59 Å². The van der Waals surface area contributed by atoms with Crippen LogP contribution >= 0.6 is 11.6 Å². The van der Waals surface area contributed by atoms with Crippen molar-refractivity contribution >= 4 is 34.8 Å². The molecule has 0 saturated heterocycles. The van der Waals surface area contributed by atoms with Gasteiger partial charge in [-0.3, -0.25) is 9.59 Å². The number of amides is 2. The molecule has 0 aliphatic rings. The molecule has 132 valence electrons. The van der Waals surface area contributed by atoms with Crippen molar-refractivity contribution < 1.29 is 14.0 Å². The molecule has 1 aromatic heterocycles. The van der Waals surface area contributed by atoms with Gasteiger partial charge in [0.05, 0.1) is 17.0 Å². The number of rotatable bonds is 4. The third kappa shape index (κ3) is 4.13. The number of aryl methyl sites for hydroxylation is 2. The zero-order valence-corrected chi connectivity index (χ0v) is 15.1. The lowest BCUT2D eigenvalue weighted by molar-refractivity contribution is 0.0993. The van der Waals surface area contributed by atoms with Crippen LogP contribution in [0.25, 0.3) is 0 Å². The quantitative estimate of drug-likeness (QED) is 0.676. The van der Waals surface area contributed by atoms with E-state index in [4.69, 9.17) is 16.0 Å². The van der Waals surface area contributed by atoms with Gasteiger partial charge in [-0.05, 0) is 67.4 Å². The van der Waals surface area contributed by atoms with Crippen LogP contribution in [0, 0.1) is 13.8 Å². The molecule has 2 amide bonds. The molecule has 0 aliphatic heterocycles. The molecule has 5 nitrogen and oxygen atoms in total. The average Bonchev–Trinajstić information content (AvgIpc) is 3.10. The van der Waals surface area contributed by atoms with Crippen molar-refractivity contribution in [2.45, 2.75) is 13.8 Å². The van der Waals surface area contributed by atoms with Crippen LogP contribution < -0.4 is 10.6 Å². The van der Waals surface area contributed by atoms with E-state index >= 15 is 0 Å². The summed E-state index contributed by atoms with van der Waals surface area (Å²) in [4.78, 5) is 24.6. The van der Waals surface area contributed by atoms with Crippen LogP contribution in [0.15, 0.2) is 59.2 Å². The number of hydrogen-bond acceptors (Lipinski definition) is 3. The van der Waals surface area contributed by atoms with Gasteiger partial charge in [-0.1, -0.05) is 17.7 Å². The highest BCUT2D eigenvalue weighted by Gasteiger charge is 2.14. The molecule has 26 heavy (non-hydrogen) atoms. The van der Waals surface area contributed by atoms with Gasteiger partial charge in [0.25, 0.3) is 11.8 Å². The van der Waals surface area contributed by atoms with E-state index in [1.54, 1.807) is 24.3 Å². The first-order valence-corrected chi connectivity index (χ1v) is 8.34. The minimum absolute atomic E-state index is 0.158. The summed E-state index contributed by atoms with van der Waals surface area (Å²) in [5.41, 5.74) is 3.54. The first-order chi connectivity index (χ1) is 12.4. The van der Waals surface area contributed by atoms with Crippen molar-refractivity contribution in [3.05, 3.63) is 82.3 Å². The molecular formula is C20H17ClN2O3. The fraction of sp³-hybridized carbons (Fsp3) is 0.100. The van der Waals surface area contributed by atoms with Crippen molar-refractivity contribution in [2.24, 2.45) is 0 Å². The molecule has 0 aliphatic carbocycles. The second-order valence-corrected chi connectivity index (χ2v) is 6.36. The van der Waals surface area contributed by atoms with E-state index in [-0.39, 0.29) is 11.7 Å². The van der Waals surface area contributed by atoms with Crippen LogP contribution in [0.2, 0.25) is 5.02 Å². The Morgan fingerprint density at radius 1 is 0.923 bits per heavy atom. The largest absolute Gasteiger partial charge is 0.459 e. The number of furan rings is 1. The molecule has 3 rings (SSSR count). The van der Waals surface area contributed by atoms with E-state index in [2.05, 4.69) is 10.6 Å². The Bertz CT molecular complexity index is 945. The SMILES string of the molecule is Cc1cc(C)cc(NC(=O)c2ccc(Cl)c(NC(=O)c3ccco3)c2)c1. The number of benzene rings is 2. The molecule has 2 N–H and O–H groups in total. The maximum atomic E-state index is 12.5. The van der Waals surface area contributed by atoms with E-state index in [1.807, 2.05) is 32.0 Å². The molecule has 0 saturated carbocycles. The highest BCUT2D eigenvalue weighted by molar-refractivity contribution is 6.34. The van der Waals surface area contributed by atoms with Gasteiger partial charge in [-0.25, -0.2) is 0 Å². The van der Waals surface area contributed by atoms with Crippen LogP contribution in [-0.2, 0) is 0 Å². The monoisotopic (exact) mass is 368 g/mol. The molecule has 1 heterocycles. The van der Waals surface area contributed by atoms with E-state index < -0.39 is 5.91 Å². The van der Waals surface area contributed by atoms with Crippen LogP contribution in [0.3, 0.4) is 0 Å². The van der Waals surface area contributed by atoms with Gasteiger partial charge >= 0.3 is 0 Å². The van der Waals surface area contributed by atoms with E-state index in [0.717, 1.165) is 11.1 Å². The Labute approximate surface area is 156 Å². The molecule has 0 spiro atoms. The number of halogens is 1. The van der Waals surface area contributed by atoms with Crippen molar-refractivity contribution in [1.29, 1.82) is 0 Å². The second-order valence-electron chi connectivity index (χ2n) is 5.96. The van der Waals surface area contributed by atoms with Gasteiger partial charge in [-0.15, -0.1) is 0 Å². The zero-order chi connectivity index (χ0) is 18.7. The molecule has 2 aromatic carbocycles. The first kappa shape index (κ1) is 17.8. The van der Waals surface area contributed by atoms with Gasteiger partial charge in [0.2, 0.25) is 0 Å². The van der Waals surface area contributed by atoms with Crippen molar-refractivity contribution in [3.8, 4) is 0 Å². The summed E-state index contributed by atoms with van der Waals surface area (Å²) in [6, 6.07) is 13.7. The summed E-state index contributed by atoms with van der Waals surface area (Å²) in [7, 11) is 0. The Morgan fingerprint density at radius 2 is 1.65 bits per heavy atom. The number of nitrogens with one attached hydrogen (secondary N) is 2. The lowest BCUT2D eigenvalue weighted by Crippen LogP contribution is -2.15. The first-order valence-electron chi connectivity index (χ1n) is 7.96. The number of hydrogen-bond donors (Lipinski definition) is 2. The third-order valence-corrected chi connectivity index (χ3v) is 4.03. The Balaban J connectivity index is 1.80. The predicted octanol–water partition coefficient (Wildman–Crippen LogP) is 5.05. The van der Waals surface area contributed by atoms with Crippen LogP contribution in [0.5, 0.6) is 0 Å². The molecule has 0 atom stereocenters. The third-order valence-electron chi connectivity index (χ3n) is 3.70. The maximum absolute atomic E-state index is 12.5. The van der Waals surface area contributed by atoms with Gasteiger partial charge in [0.15, 0.2) is 5.76 Å². The maximum Gasteiger partial charge on any atom is 0.291 e. The van der Waals surface area contributed by atoms with Gasteiger partial charge in [0, 0.05) is 11.3 Å². The van der Waals surface area contributed by atoms with E-state index in [1.165, 1.54) is 12.3 Å². The highest BCUT2D eigenvalue weighted by Crippen LogP contribution is 2.24. The molecule has 6 heteroatoms. The minimum atomic E-state index is -0.441. The minimum Gasteiger partial charge on any atom is -0.459 e. The smallest absolute Gasteiger partial charge is 0.291 e. The van der Waals surface area contributed by atoms with Crippen molar-refractivity contribution in [1.82, 2.24) is 0 Å². The Hall–Kier alpha value is -3.05.